The van der Waals surface area contributed by atoms with Gasteiger partial charge in [0.05, 0.1) is 7.11 Å². The van der Waals surface area contributed by atoms with Crippen molar-refractivity contribution in [1.82, 2.24) is 4.90 Å². The molecule has 0 unspecified atom stereocenters. The van der Waals surface area contributed by atoms with Gasteiger partial charge in [0, 0.05) is 16.3 Å². The van der Waals surface area contributed by atoms with Crippen molar-refractivity contribution in [3.63, 3.8) is 0 Å². The van der Waals surface area contributed by atoms with Crippen molar-refractivity contribution in [1.29, 1.82) is 0 Å². The number of halogens is 1. The molecule has 0 radical (unpaired) electrons. The summed E-state index contributed by atoms with van der Waals surface area (Å²) in [7, 11) is 5.95. The second kappa shape index (κ2) is 7.91. The van der Waals surface area contributed by atoms with Gasteiger partial charge in [0.15, 0.2) is 0 Å². The van der Waals surface area contributed by atoms with E-state index in [0.29, 0.717) is 0 Å². The number of hydrogen-bond acceptors (Lipinski definition) is 3. The molecule has 0 fully saturated rings. The van der Waals surface area contributed by atoms with Crippen LogP contribution in [0.5, 0.6) is 5.75 Å². The molecule has 1 aliphatic heterocycles. The number of hydrogen-bond donors (Lipinski definition) is 0. The molecule has 2 aromatic rings. The van der Waals surface area contributed by atoms with Crippen LogP contribution >= 0.6 is 24.2 Å². The molecule has 1 aliphatic rings. The lowest BCUT2D eigenvalue weighted by atomic mass is 9.96. The van der Waals surface area contributed by atoms with Crippen LogP contribution in [-0.4, -0.2) is 32.6 Å². The van der Waals surface area contributed by atoms with Crippen molar-refractivity contribution >= 4 is 29.7 Å². The van der Waals surface area contributed by atoms with Crippen LogP contribution in [0.1, 0.15) is 17.5 Å². The topological polar surface area (TPSA) is 12.5 Å². The fraction of sp³-hybridized carbons (Fsp3) is 0.263. The molecule has 2 nitrogen and oxygen atoms in total. The first kappa shape index (κ1) is 17.9. The van der Waals surface area contributed by atoms with Gasteiger partial charge in [-0.1, -0.05) is 36.0 Å². The summed E-state index contributed by atoms with van der Waals surface area (Å²) < 4.78 is 5.41. The van der Waals surface area contributed by atoms with Crippen LogP contribution < -0.4 is 4.74 Å². The van der Waals surface area contributed by atoms with Crippen LogP contribution in [0.15, 0.2) is 58.3 Å². The fourth-order valence-electron chi connectivity index (χ4n) is 2.66. The molecule has 3 rings (SSSR count). The Labute approximate surface area is 148 Å². The van der Waals surface area contributed by atoms with E-state index in [9.17, 15) is 0 Å². The lowest BCUT2D eigenvalue weighted by Gasteiger charge is -2.23. The molecule has 0 saturated carbocycles. The molecule has 0 atom stereocenters. The van der Waals surface area contributed by atoms with Crippen molar-refractivity contribution < 1.29 is 4.74 Å². The first-order chi connectivity index (χ1) is 10.7. The molecule has 23 heavy (non-hydrogen) atoms. The summed E-state index contributed by atoms with van der Waals surface area (Å²) in [5.41, 5.74) is 3.93. The zero-order valence-corrected chi connectivity index (χ0v) is 15.3. The predicted octanol–water partition coefficient (Wildman–Crippen LogP) is 4.97. The molecule has 0 aromatic heterocycles. The van der Waals surface area contributed by atoms with Crippen LogP contribution in [0.2, 0.25) is 0 Å². The Morgan fingerprint density at radius 3 is 2.52 bits per heavy atom. The molecule has 0 N–H and O–H groups in total. The van der Waals surface area contributed by atoms with Crippen molar-refractivity contribution in [3.05, 3.63) is 59.7 Å². The second-order valence-corrected chi connectivity index (χ2v) is 6.75. The fourth-order valence-corrected chi connectivity index (χ4v) is 3.75. The third-order valence-corrected chi connectivity index (χ3v) is 4.95. The van der Waals surface area contributed by atoms with Gasteiger partial charge in [-0.05, 0) is 61.5 Å². The van der Waals surface area contributed by atoms with Crippen LogP contribution in [0.4, 0.5) is 0 Å². The maximum absolute atomic E-state index is 5.41. The van der Waals surface area contributed by atoms with E-state index in [4.69, 9.17) is 4.74 Å². The second-order valence-electron chi connectivity index (χ2n) is 5.67. The highest BCUT2D eigenvalue weighted by atomic mass is 35.5. The maximum atomic E-state index is 5.41. The number of benzene rings is 2. The van der Waals surface area contributed by atoms with Crippen LogP contribution in [0.3, 0.4) is 0 Å². The number of rotatable bonds is 4. The third-order valence-electron chi connectivity index (χ3n) is 3.80. The summed E-state index contributed by atoms with van der Waals surface area (Å²) in [5, 5.41) is 0. The Bertz CT molecular complexity index is 712. The largest absolute Gasteiger partial charge is 0.497 e. The van der Waals surface area contributed by atoms with Crippen LogP contribution in [0, 0.1) is 0 Å². The highest BCUT2D eigenvalue weighted by Gasteiger charge is 2.20. The number of fused-ring (bicyclic) bond motifs is 2. The molecule has 0 amide bonds. The van der Waals surface area contributed by atoms with Crippen molar-refractivity contribution in [2.45, 2.75) is 16.2 Å². The van der Waals surface area contributed by atoms with E-state index in [0.717, 1.165) is 18.7 Å². The van der Waals surface area contributed by atoms with Gasteiger partial charge < -0.3 is 9.64 Å². The standard InChI is InChI=1S/C19H21NOS.ClH/c1-20(2)12-6-8-15-16-7-4-5-9-18(16)22-19-11-10-14(21-3)13-17(15)19;/h4-5,7-11,13H,6,12H2,1-3H3;1H/b15-8-;. The van der Waals surface area contributed by atoms with Gasteiger partial charge in [0.1, 0.15) is 5.75 Å². The summed E-state index contributed by atoms with van der Waals surface area (Å²) in [6.45, 7) is 1.05. The lowest BCUT2D eigenvalue weighted by Crippen LogP contribution is -2.12. The third kappa shape index (κ3) is 3.92. The minimum Gasteiger partial charge on any atom is -0.497 e. The van der Waals surface area contributed by atoms with E-state index in [2.05, 4.69) is 61.5 Å². The van der Waals surface area contributed by atoms with Gasteiger partial charge in [-0.15, -0.1) is 12.4 Å². The van der Waals surface area contributed by atoms with Gasteiger partial charge in [-0.25, -0.2) is 0 Å². The Hall–Kier alpha value is -1.42. The number of ether oxygens (including phenoxy) is 1. The van der Waals surface area contributed by atoms with E-state index in [1.54, 1.807) is 7.11 Å². The Morgan fingerprint density at radius 1 is 1.04 bits per heavy atom. The monoisotopic (exact) mass is 347 g/mol. The Kier molecular flexibility index (Phi) is 6.17. The molecule has 2 aromatic carbocycles. The van der Waals surface area contributed by atoms with Crippen LogP contribution in [0.25, 0.3) is 5.57 Å². The van der Waals surface area contributed by atoms with Crippen LogP contribution in [-0.2, 0) is 0 Å². The van der Waals surface area contributed by atoms with Gasteiger partial charge in [-0.3, -0.25) is 0 Å². The summed E-state index contributed by atoms with van der Waals surface area (Å²) in [6, 6.07) is 15.0. The zero-order chi connectivity index (χ0) is 15.5. The minimum absolute atomic E-state index is 0. The predicted molar refractivity (Wildman–Crippen MR) is 101 cm³/mol. The SMILES string of the molecule is COc1ccc2c(c1)/C(=C\CCN(C)C)c1ccccc1S2.Cl. The molecule has 4 heteroatoms. The molecule has 122 valence electrons. The maximum Gasteiger partial charge on any atom is 0.119 e. The lowest BCUT2D eigenvalue weighted by molar-refractivity contribution is 0.414. The summed E-state index contributed by atoms with van der Waals surface area (Å²) in [4.78, 5) is 4.85. The summed E-state index contributed by atoms with van der Waals surface area (Å²) in [5.74, 6) is 0.914. The molecule has 1 heterocycles. The van der Waals surface area contributed by atoms with Gasteiger partial charge in [0.25, 0.3) is 0 Å². The summed E-state index contributed by atoms with van der Waals surface area (Å²) in [6.07, 6.45) is 3.40. The first-order valence-corrected chi connectivity index (χ1v) is 8.31. The highest BCUT2D eigenvalue weighted by molar-refractivity contribution is 7.99. The normalized spacial score (nSPS) is 14.2. The van der Waals surface area contributed by atoms with Crippen molar-refractivity contribution in [3.8, 4) is 5.75 Å². The van der Waals surface area contributed by atoms with Gasteiger partial charge in [-0.2, -0.15) is 0 Å². The molecule has 0 saturated heterocycles. The smallest absolute Gasteiger partial charge is 0.119 e. The quantitative estimate of drug-likeness (QED) is 0.661. The summed E-state index contributed by atoms with van der Waals surface area (Å²) >= 11 is 1.84. The van der Waals surface area contributed by atoms with E-state index in [1.165, 1.54) is 26.5 Å². The number of methoxy groups -OCH3 is 1. The average molecular weight is 348 g/mol. The molecular formula is C19H22ClNOS. The average Bonchev–Trinajstić information content (AvgIpc) is 2.53. The van der Waals surface area contributed by atoms with E-state index < -0.39 is 0 Å². The van der Waals surface area contributed by atoms with Crippen molar-refractivity contribution in [2.24, 2.45) is 0 Å². The number of nitrogens with zero attached hydrogens (tertiary/aromatic N) is 1. The van der Waals surface area contributed by atoms with Crippen molar-refractivity contribution in [2.75, 3.05) is 27.7 Å². The zero-order valence-electron chi connectivity index (χ0n) is 13.7. The Balaban J connectivity index is 0.00000192. The highest BCUT2D eigenvalue weighted by Crippen LogP contribution is 2.46. The Morgan fingerprint density at radius 2 is 1.78 bits per heavy atom. The van der Waals surface area contributed by atoms with E-state index in [-0.39, 0.29) is 12.4 Å². The molecule has 0 bridgehead atoms. The van der Waals surface area contributed by atoms with E-state index in [1.807, 2.05) is 17.8 Å². The van der Waals surface area contributed by atoms with E-state index >= 15 is 0 Å². The molecule has 0 aliphatic carbocycles. The molecular weight excluding hydrogens is 326 g/mol. The first-order valence-electron chi connectivity index (χ1n) is 7.49. The molecule has 0 spiro atoms. The minimum atomic E-state index is 0. The van der Waals surface area contributed by atoms with Gasteiger partial charge >= 0.3 is 0 Å². The van der Waals surface area contributed by atoms with Gasteiger partial charge in [0.2, 0.25) is 0 Å².